The summed E-state index contributed by atoms with van der Waals surface area (Å²) in [5, 5.41) is 21.9. The molecule has 1 unspecified atom stereocenters. The van der Waals surface area contributed by atoms with Gasteiger partial charge in [-0.15, -0.1) is 0 Å². The number of hydrogen-bond acceptors (Lipinski definition) is 10. The fourth-order valence-corrected chi connectivity index (χ4v) is 8.56. The summed E-state index contributed by atoms with van der Waals surface area (Å²) in [5.41, 5.74) is 0.165. The normalized spacial score (nSPS) is 20.2. The van der Waals surface area contributed by atoms with Crippen molar-refractivity contribution in [1.29, 1.82) is 5.26 Å². The number of Topliss-reactive ketones (excluding diaryl/α,β-unsaturated/α-hetero) is 1. The summed E-state index contributed by atoms with van der Waals surface area (Å²) in [6.45, 7) is 7.99. The quantitative estimate of drug-likeness (QED) is 0.170. The van der Waals surface area contributed by atoms with Crippen molar-refractivity contribution in [2.45, 2.75) is 70.6 Å². The molecule has 312 valence electrons. The van der Waals surface area contributed by atoms with Crippen molar-refractivity contribution in [3.63, 3.8) is 0 Å². The van der Waals surface area contributed by atoms with Gasteiger partial charge in [0.2, 0.25) is 11.8 Å². The number of anilines is 2. The van der Waals surface area contributed by atoms with Gasteiger partial charge in [-0.05, 0) is 98.4 Å². The van der Waals surface area contributed by atoms with Crippen LogP contribution in [0.3, 0.4) is 0 Å². The van der Waals surface area contributed by atoms with Crippen LogP contribution in [0.4, 0.5) is 24.5 Å². The number of alkyl halides is 3. The Labute approximate surface area is 346 Å². The predicted molar refractivity (Wildman–Crippen MR) is 218 cm³/mol. The smallest absolute Gasteiger partial charge is 0.417 e. The summed E-state index contributed by atoms with van der Waals surface area (Å²) < 4.78 is 47.6. The number of piperazine rings is 1. The molecular formula is C43H47F3N6O6S. The molecule has 3 aromatic carbocycles. The molecule has 12 nitrogen and oxygen atoms in total. The predicted octanol–water partition coefficient (Wildman–Crippen LogP) is 4.82. The monoisotopic (exact) mass is 832 g/mol. The Morgan fingerprint density at radius 2 is 1.80 bits per heavy atom. The molecule has 0 radical (unpaired) electrons. The van der Waals surface area contributed by atoms with Crippen LogP contribution in [-0.2, 0) is 44.6 Å². The standard InChI is InChI=1S/C43H47F3N6O6S/c1-4-29-21-33(52-41(59)51(40(57)42(52,2)3)32-10-8-31(23-47)36(22-32)43(44,45)46)11-12-37(29)58-17-16-50-15-14-49(24-34(50)26-53)25-35(54)20-28-7-5-6-27(18-28)19-30-9-13-38(55)48-39(30)56/h5-8,10-12,18,21-22,30,34,53H,4,9,13-17,19-20,24-26H2,1-3H3,(H,48,55,56)/t30?,34-/m0/s1. The third-order valence-electron chi connectivity index (χ3n) is 11.2. The first-order chi connectivity index (χ1) is 28.0. The highest BCUT2D eigenvalue weighted by molar-refractivity contribution is 7.81. The summed E-state index contributed by atoms with van der Waals surface area (Å²) in [6.07, 6.45) is -2.65. The molecule has 3 heterocycles. The maximum atomic E-state index is 13.8. The van der Waals surface area contributed by atoms with Gasteiger partial charge in [-0.2, -0.15) is 18.4 Å². The van der Waals surface area contributed by atoms with E-state index in [1.165, 1.54) is 6.07 Å². The van der Waals surface area contributed by atoms with Crippen LogP contribution in [0, 0.1) is 17.2 Å². The van der Waals surface area contributed by atoms with Gasteiger partial charge >= 0.3 is 6.18 Å². The Kier molecular flexibility index (Phi) is 13.2. The second-order valence-electron chi connectivity index (χ2n) is 15.6. The number of aliphatic hydroxyl groups is 1. The zero-order chi connectivity index (χ0) is 42.6. The average Bonchev–Trinajstić information content (AvgIpc) is 3.37. The molecule has 0 saturated carbocycles. The van der Waals surface area contributed by atoms with Crippen LogP contribution >= 0.6 is 12.2 Å². The first-order valence-corrected chi connectivity index (χ1v) is 20.0. The lowest BCUT2D eigenvalue weighted by molar-refractivity contribution is -0.138. The van der Waals surface area contributed by atoms with E-state index in [0.717, 1.165) is 33.7 Å². The number of carbonyl (C=O) groups excluding carboxylic acids is 4. The van der Waals surface area contributed by atoms with Crippen molar-refractivity contribution in [1.82, 2.24) is 15.1 Å². The number of nitriles is 1. The largest absolute Gasteiger partial charge is 0.492 e. The number of aliphatic hydroxyl groups excluding tert-OH is 1. The van der Waals surface area contributed by atoms with Crippen molar-refractivity contribution < 1.29 is 42.2 Å². The number of nitrogens with one attached hydrogen (secondary N) is 1. The SMILES string of the molecule is CCc1cc(N2C(=S)N(c3ccc(C#N)c(C(F)(F)F)c3)C(=O)C2(C)C)ccc1OCCN1CCN(CC(=O)Cc2cccc(CC3CCC(=O)NC3=O)c2)C[C@H]1CO. The summed E-state index contributed by atoms with van der Waals surface area (Å²) >= 11 is 5.71. The van der Waals surface area contributed by atoms with Crippen LogP contribution in [0.15, 0.2) is 60.7 Å². The number of nitrogens with zero attached hydrogens (tertiary/aromatic N) is 5. The Hall–Kier alpha value is -5.21. The van der Waals surface area contributed by atoms with Crippen molar-refractivity contribution in [3.8, 4) is 11.8 Å². The van der Waals surface area contributed by atoms with Crippen molar-refractivity contribution in [2.75, 3.05) is 55.7 Å². The number of piperidine rings is 1. The minimum Gasteiger partial charge on any atom is -0.492 e. The summed E-state index contributed by atoms with van der Waals surface area (Å²) in [4.78, 5) is 57.4. The van der Waals surface area contributed by atoms with E-state index in [1.54, 1.807) is 36.9 Å². The average molecular weight is 833 g/mol. The molecule has 16 heteroatoms. The fraction of sp³-hybridized carbons (Fsp3) is 0.442. The molecule has 3 amide bonds. The Bertz CT molecular complexity index is 2170. The number of aryl methyl sites for hydroxylation is 1. The van der Waals surface area contributed by atoms with Crippen LogP contribution in [0.25, 0.3) is 0 Å². The Balaban J connectivity index is 1.03. The number of amides is 3. The van der Waals surface area contributed by atoms with E-state index in [2.05, 4.69) is 15.1 Å². The summed E-state index contributed by atoms with van der Waals surface area (Å²) in [6, 6.07) is 17.5. The van der Waals surface area contributed by atoms with E-state index in [4.69, 9.17) is 17.0 Å². The second kappa shape index (κ2) is 18.0. The topological polar surface area (TPSA) is 147 Å². The molecule has 2 N–H and O–H groups in total. The van der Waals surface area contributed by atoms with Crippen LogP contribution in [0.5, 0.6) is 5.75 Å². The molecule has 3 saturated heterocycles. The number of imide groups is 1. The van der Waals surface area contributed by atoms with Gasteiger partial charge < -0.3 is 14.7 Å². The highest BCUT2D eigenvalue weighted by Gasteiger charge is 2.51. The lowest BCUT2D eigenvalue weighted by Crippen LogP contribution is -2.56. The van der Waals surface area contributed by atoms with Crippen LogP contribution < -0.4 is 19.9 Å². The molecule has 3 aliphatic heterocycles. The molecule has 3 aromatic rings. The number of rotatable bonds is 14. The zero-order valence-electron chi connectivity index (χ0n) is 33.2. The highest BCUT2D eigenvalue weighted by Crippen LogP contribution is 2.40. The van der Waals surface area contributed by atoms with E-state index < -0.39 is 28.7 Å². The van der Waals surface area contributed by atoms with Crippen molar-refractivity contribution in [3.05, 3.63) is 88.5 Å². The van der Waals surface area contributed by atoms with Crippen LogP contribution in [-0.4, -0.2) is 101 Å². The number of ketones is 1. The number of halogens is 3. The number of hydrogen-bond donors (Lipinski definition) is 2. The van der Waals surface area contributed by atoms with Gasteiger partial charge in [0, 0.05) is 56.7 Å². The van der Waals surface area contributed by atoms with Crippen molar-refractivity contribution in [2.24, 2.45) is 5.92 Å². The zero-order valence-corrected chi connectivity index (χ0v) is 34.0. The van der Waals surface area contributed by atoms with E-state index in [-0.39, 0.29) is 59.9 Å². The number of benzene rings is 3. The molecule has 0 spiro atoms. The molecule has 2 atom stereocenters. The summed E-state index contributed by atoms with van der Waals surface area (Å²) in [7, 11) is 0. The molecular weight excluding hydrogens is 786 g/mol. The van der Waals surface area contributed by atoms with E-state index in [1.807, 2.05) is 37.3 Å². The van der Waals surface area contributed by atoms with E-state index in [0.29, 0.717) is 69.9 Å². The second-order valence-corrected chi connectivity index (χ2v) is 16.0. The minimum absolute atomic E-state index is 0.000627. The van der Waals surface area contributed by atoms with Crippen molar-refractivity contribution >= 4 is 52.2 Å². The van der Waals surface area contributed by atoms with Gasteiger partial charge in [0.05, 0.1) is 36.0 Å². The maximum absolute atomic E-state index is 13.8. The van der Waals surface area contributed by atoms with Gasteiger partial charge in [-0.1, -0.05) is 31.2 Å². The lowest BCUT2D eigenvalue weighted by atomic mass is 9.90. The molecule has 0 aromatic heterocycles. The number of carbonyl (C=O) groups is 4. The van der Waals surface area contributed by atoms with E-state index in [9.17, 15) is 42.7 Å². The number of ether oxygens (including phenoxy) is 1. The van der Waals surface area contributed by atoms with Crippen LogP contribution in [0.2, 0.25) is 0 Å². The van der Waals surface area contributed by atoms with Crippen LogP contribution in [0.1, 0.15) is 61.4 Å². The Morgan fingerprint density at radius 1 is 1.05 bits per heavy atom. The molecule has 6 rings (SSSR count). The van der Waals surface area contributed by atoms with Gasteiger partial charge in [-0.3, -0.25) is 39.2 Å². The Morgan fingerprint density at radius 3 is 2.49 bits per heavy atom. The molecule has 3 fully saturated rings. The first kappa shape index (κ1) is 43.4. The lowest BCUT2D eigenvalue weighted by Gasteiger charge is -2.40. The maximum Gasteiger partial charge on any atom is 0.417 e. The first-order valence-electron chi connectivity index (χ1n) is 19.6. The van der Waals surface area contributed by atoms with E-state index >= 15 is 0 Å². The minimum atomic E-state index is -4.81. The van der Waals surface area contributed by atoms with Gasteiger partial charge in [0.25, 0.3) is 5.91 Å². The van der Waals surface area contributed by atoms with Gasteiger partial charge in [0.15, 0.2) is 10.9 Å². The third kappa shape index (κ3) is 9.65. The van der Waals surface area contributed by atoms with Gasteiger partial charge in [0.1, 0.15) is 17.9 Å². The third-order valence-corrected chi connectivity index (χ3v) is 11.6. The molecule has 3 aliphatic rings. The number of thiocarbonyl (C=S) groups is 1. The fourth-order valence-electron chi connectivity index (χ4n) is 8.04. The molecule has 0 bridgehead atoms. The highest BCUT2D eigenvalue weighted by atomic mass is 32.1. The molecule has 0 aliphatic carbocycles. The van der Waals surface area contributed by atoms with Gasteiger partial charge in [-0.25, -0.2) is 0 Å². The molecule has 59 heavy (non-hydrogen) atoms. The summed E-state index contributed by atoms with van der Waals surface area (Å²) in [5.74, 6) is -0.624.